The fourth-order valence-electron chi connectivity index (χ4n) is 4.12. The molecule has 1 heterocycles. The summed E-state index contributed by atoms with van der Waals surface area (Å²) in [5.41, 5.74) is -0.270. The van der Waals surface area contributed by atoms with Gasteiger partial charge < -0.3 is 4.74 Å². The van der Waals surface area contributed by atoms with Crippen molar-refractivity contribution in [2.24, 2.45) is 17.8 Å². The molecular weight excluding hydrogens is 364 g/mol. The van der Waals surface area contributed by atoms with E-state index < -0.39 is 29.3 Å². The molecule has 1 aliphatic carbocycles. The second kappa shape index (κ2) is 7.69. The largest absolute Gasteiger partial charge is 0.461 e. The van der Waals surface area contributed by atoms with Gasteiger partial charge in [0.15, 0.2) is 0 Å². The number of nitro groups is 1. The van der Waals surface area contributed by atoms with E-state index in [1.165, 1.54) is 12.1 Å². The Kier molecular flexibility index (Phi) is 5.49. The predicted molar refractivity (Wildman–Crippen MR) is 99.7 cm³/mol. The first-order valence-electron chi connectivity index (χ1n) is 9.53. The van der Waals surface area contributed by atoms with Crippen molar-refractivity contribution < 1.29 is 24.0 Å². The maximum absolute atomic E-state index is 12.5. The van der Waals surface area contributed by atoms with Gasteiger partial charge in [0.2, 0.25) is 0 Å². The molecule has 1 fully saturated rings. The lowest BCUT2D eigenvalue weighted by molar-refractivity contribution is -0.384. The summed E-state index contributed by atoms with van der Waals surface area (Å²) >= 11 is 0. The van der Waals surface area contributed by atoms with Gasteiger partial charge >= 0.3 is 5.97 Å². The lowest BCUT2D eigenvalue weighted by atomic mass is 9.75. The summed E-state index contributed by atoms with van der Waals surface area (Å²) in [7, 11) is 0. The van der Waals surface area contributed by atoms with Gasteiger partial charge in [-0.25, -0.2) is 0 Å². The molecule has 1 aliphatic heterocycles. The number of nitrogens with zero attached hydrogens (tertiary/aromatic N) is 2. The van der Waals surface area contributed by atoms with Gasteiger partial charge in [0.25, 0.3) is 17.5 Å². The fraction of sp³-hybridized carbons (Fsp3) is 0.550. The smallest absolute Gasteiger partial charge is 0.326 e. The number of nitro benzene ring substituents is 1. The van der Waals surface area contributed by atoms with Crippen molar-refractivity contribution in [1.29, 1.82) is 0 Å². The number of carbonyl (C=O) groups excluding carboxylic acids is 3. The van der Waals surface area contributed by atoms with Gasteiger partial charge in [-0.3, -0.25) is 29.4 Å². The first-order chi connectivity index (χ1) is 13.2. The van der Waals surface area contributed by atoms with E-state index in [0.29, 0.717) is 11.8 Å². The number of esters is 1. The lowest BCUT2D eigenvalue weighted by Gasteiger charge is -2.36. The van der Waals surface area contributed by atoms with Crippen LogP contribution in [-0.2, 0) is 9.53 Å². The van der Waals surface area contributed by atoms with Crippen LogP contribution >= 0.6 is 0 Å². The Morgan fingerprint density at radius 1 is 1.25 bits per heavy atom. The zero-order valence-corrected chi connectivity index (χ0v) is 16.2. The van der Waals surface area contributed by atoms with Crippen molar-refractivity contribution in [1.82, 2.24) is 4.90 Å². The fourth-order valence-corrected chi connectivity index (χ4v) is 4.12. The van der Waals surface area contributed by atoms with Crippen LogP contribution in [0.4, 0.5) is 5.69 Å². The summed E-state index contributed by atoms with van der Waals surface area (Å²) in [4.78, 5) is 48.5. The van der Waals surface area contributed by atoms with Gasteiger partial charge in [-0.2, -0.15) is 0 Å². The third kappa shape index (κ3) is 3.76. The molecule has 3 atom stereocenters. The molecule has 0 saturated heterocycles. The molecule has 2 aliphatic rings. The van der Waals surface area contributed by atoms with Crippen molar-refractivity contribution in [3.63, 3.8) is 0 Å². The normalized spacial score (nSPS) is 24.4. The highest BCUT2D eigenvalue weighted by molar-refractivity contribution is 6.22. The minimum absolute atomic E-state index is 0.0571. The van der Waals surface area contributed by atoms with Crippen LogP contribution in [0.15, 0.2) is 18.2 Å². The zero-order valence-electron chi connectivity index (χ0n) is 16.2. The van der Waals surface area contributed by atoms with Crippen molar-refractivity contribution in [3.05, 3.63) is 39.4 Å². The molecule has 3 rings (SSSR count). The van der Waals surface area contributed by atoms with E-state index in [1.54, 1.807) is 0 Å². The van der Waals surface area contributed by atoms with Gasteiger partial charge in [-0.15, -0.1) is 0 Å². The summed E-state index contributed by atoms with van der Waals surface area (Å²) in [6, 6.07) is 3.48. The van der Waals surface area contributed by atoms with E-state index in [0.717, 1.165) is 30.2 Å². The van der Waals surface area contributed by atoms with Crippen molar-refractivity contribution >= 4 is 23.5 Å². The molecule has 0 N–H and O–H groups in total. The molecule has 150 valence electrons. The molecule has 8 heteroatoms. The molecule has 0 unspecified atom stereocenters. The lowest BCUT2D eigenvalue weighted by Crippen LogP contribution is -2.40. The van der Waals surface area contributed by atoms with Crippen LogP contribution in [0.2, 0.25) is 0 Å². The number of fused-ring (bicyclic) bond motifs is 1. The number of amides is 2. The number of hydrogen-bond acceptors (Lipinski definition) is 6. The first-order valence-corrected chi connectivity index (χ1v) is 9.53. The number of hydrogen-bond donors (Lipinski definition) is 0. The Hall–Kier alpha value is -2.77. The van der Waals surface area contributed by atoms with Gasteiger partial charge in [0.05, 0.1) is 16.1 Å². The maximum atomic E-state index is 12.5. The topological polar surface area (TPSA) is 107 Å². The van der Waals surface area contributed by atoms with Gasteiger partial charge in [0, 0.05) is 12.1 Å². The summed E-state index contributed by atoms with van der Waals surface area (Å²) in [6.07, 6.45) is 2.61. The summed E-state index contributed by atoms with van der Waals surface area (Å²) < 4.78 is 5.66. The first kappa shape index (κ1) is 20.0. The molecule has 0 aromatic heterocycles. The molecule has 1 aromatic carbocycles. The number of imide groups is 1. The zero-order chi connectivity index (χ0) is 20.6. The van der Waals surface area contributed by atoms with Crippen LogP contribution < -0.4 is 0 Å². The molecule has 1 aromatic rings. The minimum Gasteiger partial charge on any atom is -0.461 e. The average Bonchev–Trinajstić information content (AvgIpc) is 2.86. The third-order valence-corrected chi connectivity index (χ3v) is 5.70. The Labute approximate surface area is 163 Å². The number of rotatable bonds is 5. The summed E-state index contributed by atoms with van der Waals surface area (Å²) in [5.74, 6) is -0.904. The minimum atomic E-state index is -0.710. The molecule has 1 saturated carbocycles. The van der Waals surface area contributed by atoms with Crippen LogP contribution in [0.25, 0.3) is 0 Å². The third-order valence-electron chi connectivity index (χ3n) is 5.70. The standard InChI is InChI=1S/C20H24N2O6/c1-11(2)14-6-4-12(3)8-17(14)28-18(23)10-21-19(24)15-7-5-13(22(26)27)9-16(15)20(21)25/h5,7,9,11-12,14,17H,4,6,8,10H2,1-3H3/t12-,14-,17-/m1/s1. The summed E-state index contributed by atoms with van der Waals surface area (Å²) in [6.45, 7) is 5.82. The highest BCUT2D eigenvalue weighted by Crippen LogP contribution is 2.35. The molecule has 2 amide bonds. The molecule has 0 radical (unpaired) electrons. The second-order valence-corrected chi connectivity index (χ2v) is 8.04. The molecule has 0 spiro atoms. The van der Waals surface area contributed by atoms with E-state index in [1.807, 2.05) is 0 Å². The van der Waals surface area contributed by atoms with E-state index in [4.69, 9.17) is 4.74 Å². The highest BCUT2D eigenvalue weighted by Gasteiger charge is 2.39. The maximum Gasteiger partial charge on any atom is 0.326 e. The Morgan fingerprint density at radius 2 is 1.93 bits per heavy atom. The Morgan fingerprint density at radius 3 is 2.57 bits per heavy atom. The molecule has 0 bridgehead atoms. The number of ether oxygens (including phenoxy) is 1. The van der Waals surface area contributed by atoms with E-state index in [2.05, 4.69) is 20.8 Å². The van der Waals surface area contributed by atoms with Crippen LogP contribution in [0, 0.1) is 27.9 Å². The second-order valence-electron chi connectivity index (χ2n) is 8.04. The van der Waals surface area contributed by atoms with E-state index in [9.17, 15) is 24.5 Å². The number of carbonyl (C=O) groups is 3. The Balaban J connectivity index is 1.71. The van der Waals surface area contributed by atoms with Crippen molar-refractivity contribution in [2.75, 3.05) is 6.54 Å². The Bertz CT molecular complexity index is 834. The van der Waals surface area contributed by atoms with Crippen LogP contribution in [0.5, 0.6) is 0 Å². The van der Waals surface area contributed by atoms with Crippen LogP contribution in [0.1, 0.15) is 60.7 Å². The molecule has 8 nitrogen and oxygen atoms in total. The molecular formula is C20H24N2O6. The SMILES string of the molecule is CC(C)[C@H]1CC[C@@H](C)C[C@H]1OC(=O)CN1C(=O)c2ccc([N+](=O)[O-])cc2C1=O. The average molecular weight is 388 g/mol. The van der Waals surface area contributed by atoms with Crippen molar-refractivity contribution in [3.8, 4) is 0 Å². The highest BCUT2D eigenvalue weighted by atomic mass is 16.6. The van der Waals surface area contributed by atoms with E-state index >= 15 is 0 Å². The molecule has 28 heavy (non-hydrogen) atoms. The van der Waals surface area contributed by atoms with Crippen molar-refractivity contribution in [2.45, 2.75) is 46.1 Å². The number of non-ortho nitro benzene ring substituents is 1. The summed E-state index contributed by atoms with van der Waals surface area (Å²) in [5, 5.41) is 10.9. The van der Waals surface area contributed by atoms with Crippen LogP contribution in [-0.4, -0.2) is 40.3 Å². The number of benzene rings is 1. The van der Waals surface area contributed by atoms with Crippen LogP contribution in [0.3, 0.4) is 0 Å². The van der Waals surface area contributed by atoms with Gasteiger partial charge in [-0.1, -0.05) is 27.2 Å². The van der Waals surface area contributed by atoms with Gasteiger partial charge in [-0.05, 0) is 36.7 Å². The monoisotopic (exact) mass is 388 g/mol. The quantitative estimate of drug-likeness (QED) is 0.332. The van der Waals surface area contributed by atoms with E-state index in [-0.39, 0.29) is 28.8 Å². The van der Waals surface area contributed by atoms with Gasteiger partial charge in [0.1, 0.15) is 12.6 Å². The predicted octanol–water partition coefficient (Wildman–Crippen LogP) is 3.19.